The molecule has 0 aliphatic rings. The van der Waals surface area contributed by atoms with E-state index in [1.54, 1.807) is 18.2 Å². The Kier molecular flexibility index (Phi) is 4.32. The molecule has 1 unspecified atom stereocenters. The van der Waals surface area contributed by atoms with Crippen LogP contribution in [0.4, 0.5) is 0 Å². The third kappa shape index (κ3) is 2.95. The van der Waals surface area contributed by atoms with Crippen molar-refractivity contribution in [2.75, 3.05) is 0 Å². The van der Waals surface area contributed by atoms with E-state index in [9.17, 15) is 0 Å². The van der Waals surface area contributed by atoms with E-state index in [4.69, 9.17) is 21.6 Å². The van der Waals surface area contributed by atoms with E-state index >= 15 is 0 Å². The van der Waals surface area contributed by atoms with Crippen LogP contribution >= 0.6 is 11.6 Å². The highest BCUT2D eigenvalue weighted by molar-refractivity contribution is 6.31. The average Bonchev–Trinajstić information content (AvgIpc) is 2.48. The summed E-state index contributed by atoms with van der Waals surface area (Å²) in [6.07, 6.45) is 0.828. The Morgan fingerprint density at radius 3 is 2.45 bits per heavy atom. The second-order valence-corrected chi connectivity index (χ2v) is 5.21. The monoisotopic (exact) mass is 285 g/mol. The third-order valence-electron chi connectivity index (χ3n) is 3.46. The molecule has 20 heavy (non-hydrogen) atoms. The van der Waals surface area contributed by atoms with E-state index < -0.39 is 5.60 Å². The lowest BCUT2D eigenvalue weighted by Crippen LogP contribution is -2.28. The Morgan fingerprint density at radius 1 is 1.20 bits per heavy atom. The Balaban J connectivity index is 2.31. The van der Waals surface area contributed by atoms with Gasteiger partial charge in [0.2, 0.25) is 0 Å². The summed E-state index contributed by atoms with van der Waals surface area (Å²) in [5.41, 5.74) is 1.15. The molecule has 102 valence electrons. The fourth-order valence-electron chi connectivity index (χ4n) is 2.04. The van der Waals surface area contributed by atoms with Gasteiger partial charge in [-0.1, -0.05) is 48.9 Å². The van der Waals surface area contributed by atoms with Crippen molar-refractivity contribution < 1.29 is 4.74 Å². The quantitative estimate of drug-likeness (QED) is 0.799. The Morgan fingerprint density at radius 2 is 1.90 bits per heavy atom. The minimum Gasteiger partial charge on any atom is -0.483 e. The Bertz CT molecular complexity index is 633. The predicted molar refractivity (Wildman–Crippen MR) is 80.9 cm³/mol. The topological polar surface area (TPSA) is 33.0 Å². The molecular weight excluding hydrogens is 270 g/mol. The van der Waals surface area contributed by atoms with E-state index in [-0.39, 0.29) is 0 Å². The van der Waals surface area contributed by atoms with Crippen LogP contribution in [0, 0.1) is 11.3 Å². The summed E-state index contributed by atoms with van der Waals surface area (Å²) in [5, 5.41) is 9.30. The van der Waals surface area contributed by atoms with Crippen molar-refractivity contribution in [1.29, 1.82) is 5.26 Å². The highest BCUT2D eigenvalue weighted by Gasteiger charge is 2.26. The van der Waals surface area contributed by atoms with Gasteiger partial charge in [-0.3, -0.25) is 0 Å². The molecule has 1 atom stereocenters. The van der Waals surface area contributed by atoms with Gasteiger partial charge in [0.1, 0.15) is 17.4 Å². The zero-order chi connectivity index (χ0) is 14.6. The lowest BCUT2D eigenvalue weighted by molar-refractivity contribution is 0.0826. The summed E-state index contributed by atoms with van der Waals surface area (Å²) in [7, 11) is 0. The summed E-state index contributed by atoms with van der Waals surface area (Å²) in [6.45, 7) is 4.13. The first-order chi connectivity index (χ1) is 9.59. The van der Waals surface area contributed by atoms with Crippen molar-refractivity contribution in [3.63, 3.8) is 0 Å². The van der Waals surface area contributed by atoms with Crippen LogP contribution < -0.4 is 4.74 Å². The Hall–Kier alpha value is -1.98. The maximum Gasteiger partial charge on any atom is 0.131 e. The number of nitrogens with zero attached hydrogens (tertiary/aromatic N) is 1. The number of benzene rings is 2. The number of nitriles is 1. The van der Waals surface area contributed by atoms with Gasteiger partial charge < -0.3 is 4.74 Å². The molecule has 0 saturated heterocycles. The van der Waals surface area contributed by atoms with Crippen LogP contribution in [0.5, 0.6) is 5.75 Å². The smallest absolute Gasteiger partial charge is 0.131 e. The van der Waals surface area contributed by atoms with Crippen LogP contribution in [0.15, 0.2) is 48.5 Å². The fraction of sp³-hybridized carbons (Fsp3) is 0.235. The van der Waals surface area contributed by atoms with Crippen LogP contribution in [0.3, 0.4) is 0 Å². The van der Waals surface area contributed by atoms with Crippen molar-refractivity contribution in [1.82, 2.24) is 0 Å². The van der Waals surface area contributed by atoms with Crippen LogP contribution in [0.1, 0.15) is 31.4 Å². The zero-order valence-electron chi connectivity index (χ0n) is 11.6. The lowest BCUT2D eigenvalue weighted by atomic mass is 9.93. The molecule has 3 heteroatoms. The molecule has 0 amide bonds. The van der Waals surface area contributed by atoms with Crippen LogP contribution in [-0.4, -0.2) is 0 Å². The van der Waals surface area contributed by atoms with Gasteiger partial charge in [0, 0.05) is 6.07 Å². The summed E-state index contributed by atoms with van der Waals surface area (Å²) >= 11 is 6.05. The SMILES string of the molecule is CCC(C)(Oc1ccc(C#N)c(Cl)c1)c1ccccc1. The van der Waals surface area contributed by atoms with E-state index in [2.05, 4.69) is 26.0 Å². The van der Waals surface area contributed by atoms with Crippen molar-refractivity contribution in [3.05, 3.63) is 64.7 Å². The fourth-order valence-corrected chi connectivity index (χ4v) is 2.25. The minimum atomic E-state index is -0.418. The molecule has 2 nitrogen and oxygen atoms in total. The molecule has 0 fully saturated rings. The molecule has 0 saturated carbocycles. The van der Waals surface area contributed by atoms with Crippen molar-refractivity contribution in [2.24, 2.45) is 0 Å². The molecule has 0 spiro atoms. The standard InChI is InChI=1S/C17H16ClNO/c1-3-17(2,14-7-5-4-6-8-14)20-15-10-9-13(12-19)16(18)11-15/h4-11H,3H2,1-2H3. The maximum absolute atomic E-state index is 8.89. The third-order valence-corrected chi connectivity index (χ3v) is 3.78. The van der Waals surface area contributed by atoms with E-state index in [0.29, 0.717) is 16.3 Å². The van der Waals surface area contributed by atoms with Crippen LogP contribution in [0.2, 0.25) is 5.02 Å². The molecule has 2 rings (SSSR count). The summed E-state index contributed by atoms with van der Waals surface area (Å²) in [5.74, 6) is 0.669. The molecule has 0 heterocycles. The zero-order valence-corrected chi connectivity index (χ0v) is 12.3. The molecule has 0 aliphatic heterocycles. The van der Waals surface area contributed by atoms with E-state index in [1.807, 2.05) is 24.3 Å². The van der Waals surface area contributed by atoms with Crippen molar-refractivity contribution in [2.45, 2.75) is 25.9 Å². The maximum atomic E-state index is 8.89. The molecule has 0 bridgehead atoms. The minimum absolute atomic E-state index is 0.413. The van der Waals surface area contributed by atoms with Crippen LogP contribution in [-0.2, 0) is 5.60 Å². The van der Waals surface area contributed by atoms with Gasteiger partial charge in [-0.25, -0.2) is 0 Å². The Labute approximate surface area is 124 Å². The van der Waals surface area contributed by atoms with Gasteiger partial charge in [-0.05, 0) is 31.0 Å². The van der Waals surface area contributed by atoms with Crippen molar-refractivity contribution in [3.8, 4) is 11.8 Å². The second kappa shape index (κ2) is 5.98. The molecule has 0 aromatic heterocycles. The summed E-state index contributed by atoms with van der Waals surface area (Å²) < 4.78 is 6.12. The largest absolute Gasteiger partial charge is 0.483 e. The first kappa shape index (κ1) is 14.4. The number of halogens is 1. The van der Waals surface area contributed by atoms with Gasteiger partial charge in [0.25, 0.3) is 0 Å². The van der Waals surface area contributed by atoms with Gasteiger partial charge in [0.15, 0.2) is 0 Å². The molecule has 0 aliphatic carbocycles. The van der Waals surface area contributed by atoms with Gasteiger partial charge in [-0.15, -0.1) is 0 Å². The predicted octanol–water partition coefficient (Wildman–Crippen LogP) is 4.92. The summed E-state index contributed by atoms with van der Waals surface area (Å²) in [6, 6.07) is 17.3. The number of hydrogen-bond acceptors (Lipinski definition) is 2. The molecule has 2 aromatic carbocycles. The van der Waals surface area contributed by atoms with E-state index in [1.165, 1.54) is 0 Å². The molecule has 0 radical (unpaired) electrons. The first-order valence-electron chi connectivity index (χ1n) is 6.53. The normalized spacial score (nSPS) is 13.3. The molecule has 2 aromatic rings. The van der Waals surface area contributed by atoms with Crippen LogP contribution in [0.25, 0.3) is 0 Å². The average molecular weight is 286 g/mol. The van der Waals surface area contributed by atoms with Gasteiger partial charge >= 0.3 is 0 Å². The molecular formula is C17H16ClNO. The molecule has 0 N–H and O–H groups in total. The summed E-state index contributed by atoms with van der Waals surface area (Å²) in [4.78, 5) is 0. The first-order valence-corrected chi connectivity index (χ1v) is 6.91. The highest BCUT2D eigenvalue weighted by atomic mass is 35.5. The number of ether oxygens (including phenoxy) is 1. The highest BCUT2D eigenvalue weighted by Crippen LogP contribution is 2.32. The van der Waals surface area contributed by atoms with Gasteiger partial charge in [0.05, 0.1) is 10.6 Å². The second-order valence-electron chi connectivity index (χ2n) is 4.81. The van der Waals surface area contributed by atoms with Crippen molar-refractivity contribution >= 4 is 11.6 Å². The number of rotatable bonds is 4. The lowest BCUT2D eigenvalue weighted by Gasteiger charge is -2.30. The number of hydrogen-bond donors (Lipinski definition) is 0. The van der Waals surface area contributed by atoms with Gasteiger partial charge in [-0.2, -0.15) is 5.26 Å². The van der Waals surface area contributed by atoms with E-state index in [0.717, 1.165) is 12.0 Å².